The van der Waals surface area contributed by atoms with E-state index in [0.29, 0.717) is 10.0 Å². The molecular formula is C25H12Cl2F6N2O2. The molecule has 0 unspecified atom stereocenters. The predicted molar refractivity (Wildman–Crippen MR) is 127 cm³/mol. The number of aromatic nitrogens is 1. The Kier molecular flexibility index (Phi) is 6.91. The molecule has 0 aliphatic heterocycles. The van der Waals surface area contributed by atoms with Gasteiger partial charge in [-0.15, -0.1) is 0 Å². The number of hydrogen-bond acceptors (Lipinski definition) is 4. The SMILES string of the molecule is O=C(c1cc(C(=O)C(F)(F)F)c2ncccc2c1N(c1ccc(Cl)cc1)c1ccc(Cl)cc1)C(F)(F)F. The van der Waals surface area contributed by atoms with Gasteiger partial charge in [0.15, 0.2) is 0 Å². The van der Waals surface area contributed by atoms with Gasteiger partial charge in [0, 0.05) is 33.0 Å². The molecule has 12 heteroatoms. The molecule has 0 saturated carbocycles. The summed E-state index contributed by atoms with van der Waals surface area (Å²) < 4.78 is 81.3. The van der Waals surface area contributed by atoms with E-state index in [4.69, 9.17) is 23.2 Å². The standard InChI is InChI=1S/C25H12Cl2F6N2O2/c26-13-3-7-15(8-4-13)35(16-9-5-14(27)6-10-16)21-17-2-1-11-34-20(17)18(22(36)24(28,29)30)12-19(21)23(37)25(31,32)33/h1-12H. The van der Waals surface area contributed by atoms with Crippen molar-refractivity contribution >= 4 is 62.7 Å². The lowest BCUT2D eigenvalue weighted by Crippen LogP contribution is -2.28. The average Bonchev–Trinajstić information content (AvgIpc) is 2.84. The van der Waals surface area contributed by atoms with Crippen LogP contribution in [0.4, 0.5) is 43.4 Å². The van der Waals surface area contributed by atoms with Gasteiger partial charge in [0.05, 0.1) is 22.3 Å². The minimum Gasteiger partial charge on any atom is -0.309 e. The molecule has 3 aromatic carbocycles. The molecule has 0 aliphatic carbocycles. The Labute approximate surface area is 215 Å². The molecular weight excluding hydrogens is 545 g/mol. The van der Waals surface area contributed by atoms with Crippen LogP contribution in [0.1, 0.15) is 20.7 Å². The summed E-state index contributed by atoms with van der Waals surface area (Å²) in [5.41, 5.74) is -2.91. The normalized spacial score (nSPS) is 12.0. The number of rotatable bonds is 5. The van der Waals surface area contributed by atoms with Gasteiger partial charge >= 0.3 is 12.4 Å². The van der Waals surface area contributed by atoms with E-state index in [1.807, 2.05) is 0 Å². The van der Waals surface area contributed by atoms with Crippen LogP contribution in [-0.2, 0) is 0 Å². The van der Waals surface area contributed by atoms with E-state index < -0.39 is 46.3 Å². The van der Waals surface area contributed by atoms with Gasteiger partial charge < -0.3 is 4.90 Å². The predicted octanol–water partition coefficient (Wildman–Crippen LogP) is 8.50. The molecule has 0 radical (unpaired) electrons. The Morgan fingerprint density at radius 1 is 0.703 bits per heavy atom. The fraction of sp³-hybridized carbons (Fsp3) is 0.0800. The van der Waals surface area contributed by atoms with Crippen LogP contribution < -0.4 is 4.90 Å². The summed E-state index contributed by atoms with van der Waals surface area (Å²) in [5, 5.41) is 0.295. The highest BCUT2D eigenvalue weighted by atomic mass is 35.5. The number of hydrogen-bond donors (Lipinski definition) is 0. The van der Waals surface area contributed by atoms with E-state index in [1.165, 1.54) is 65.6 Å². The lowest BCUT2D eigenvalue weighted by molar-refractivity contribution is -0.0886. The molecule has 0 amide bonds. The molecule has 4 aromatic rings. The minimum absolute atomic E-state index is 0.211. The topological polar surface area (TPSA) is 50.3 Å². The third-order valence-corrected chi connectivity index (χ3v) is 5.76. The van der Waals surface area contributed by atoms with E-state index in [-0.39, 0.29) is 22.8 Å². The van der Waals surface area contributed by atoms with Gasteiger partial charge in [-0.3, -0.25) is 14.6 Å². The monoisotopic (exact) mass is 556 g/mol. The van der Waals surface area contributed by atoms with Gasteiger partial charge in [-0.1, -0.05) is 23.2 Å². The number of halogens is 8. The van der Waals surface area contributed by atoms with Crippen molar-refractivity contribution in [2.45, 2.75) is 12.4 Å². The van der Waals surface area contributed by atoms with E-state index in [1.54, 1.807) is 0 Å². The zero-order valence-corrected chi connectivity index (χ0v) is 19.7. The highest BCUT2D eigenvalue weighted by molar-refractivity contribution is 6.31. The maximum absolute atomic E-state index is 13.7. The summed E-state index contributed by atoms with van der Waals surface area (Å²) in [6.07, 6.45) is -9.83. The van der Waals surface area contributed by atoms with Crippen molar-refractivity contribution in [3.05, 3.63) is 94.1 Å². The maximum atomic E-state index is 13.7. The maximum Gasteiger partial charge on any atom is 0.454 e. The van der Waals surface area contributed by atoms with Crippen molar-refractivity contribution < 1.29 is 35.9 Å². The molecule has 0 bridgehead atoms. The number of pyridine rings is 1. The van der Waals surface area contributed by atoms with Crippen LogP contribution in [0.3, 0.4) is 0 Å². The lowest BCUT2D eigenvalue weighted by atomic mass is 9.95. The highest BCUT2D eigenvalue weighted by Gasteiger charge is 2.45. The molecule has 0 aliphatic rings. The van der Waals surface area contributed by atoms with Gasteiger partial charge in [0.1, 0.15) is 0 Å². The number of carbonyl (C=O) groups is 2. The number of benzene rings is 3. The number of ketones is 2. The molecule has 0 spiro atoms. The van der Waals surface area contributed by atoms with Crippen LogP contribution in [0.15, 0.2) is 72.9 Å². The fourth-order valence-electron chi connectivity index (χ4n) is 3.72. The zero-order valence-electron chi connectivity index (χ0n) is 18.2. The molecule has 0 atom stereocenters. The second-order valence-corrected chi connectivity index (χ2v) is 8.53. The molecule has 0 N–H and O–H groups in total. The van der Waals surface area contributed by atoms with Crippen LogP contribution in [-0.4, -0.2) is 28.9 Å². The number of anilines is 3. The van der Waals surface area contributed by atoms with Gasteiger partial charge in [0.2, 0.25) is 0 Å². The number of alkyl halides is 6. The highest BCUT2D eigenvalue weighted by Crippen LogP contribution is 2.44. The Morgan fingerprint density at radius 2 is 1.16 bits per heavy atom. The van der Waals surface area contributed by atoms with Crippen molar-refractivity contribution in [3.63, 3.8) is 0 Å². The van der Waals surface area contributed by atoms with E-state index in [0.717, 1.165) is 6.20 Å². The first-order chi connectivity index (χ1) is 17.3. The van der Waals surface area contributed by atoms with Gasteiger partial charge in [-0.25, -0.2) is 0 Å². The summed E-state index contributed by atoms with van der Waals surface area (Å²) in [5.74, 6) is -4.89. The quantitative estimate of drug-likeness (QED) is 0.182. The lowest BCUT2D eigenvalue weighted by Gasteiger charge is -2.29. The summed E-state index contributed by atoms with van der Waals surface area (Å²) >= 11 is 11.9. The van der Waals surface area contributed by atoms with Crippen molar-refractivity contribution in [2.75, 3.05) is 4.90 Å². The Morgan fingerprint density at radius 3 is 1.62 bits per heavy atom. The van der Waals surface area contributed by atoms with Crippen molar-refractivity contribution in [1.82, 2.24) is 4.98 Å². The second-order valence-electron chi connectivity index (χ2n) is 7.66. The fourth-order valence-corrected chi connectivity index (χ4v) is 3.97. The van der Waals surface area contributed by atoms with Gasteiger partial charge in [-0.05, 0) is 66.7 Å². The number of fused-ring (bicyclic) bond motifs is 1. The van der Waals surface area contributed by atoms with Crippen LogP contribution in [0.25, 0.3) is 10.9 Å². The average molecular weight is 557 g/mol. The van der Waals surface area contributed by atoms with Crippen molar-refractivity contribution in [2.24, 2.45) is 0 Å². The van der Waals surface area contributed by atoms with E-state index in [9.17, 15) is 35.9 Å². The molecule has 0 fully saturated rings. The molecule has 37 heavy (non-hydrogen) atoms. The number of carbonyl (C=O) groups excluding carboxylic acids is 2. The Balaban J connectivity index is 2.17. The first kappa shape index (κ1) is 26.4. The first-order valence-corrected chi connectivity index (χ1v) is 11.0. The Bertz CT molecular complexity index is 1460. The van der Waals surface area contributed by atoms with Crippen LogP contribution in [0.2, 0.25) is 10.0 Å². The minimum atomic E-state index is -5.48. The van der Waals surface area contributed by atoms with Gasteiger partial charge in [0.25, 0.3) is 11.6 Å². The molecule has 1 heterocycles. The summed E-state index contributed by atoms with van der Waals surface area (Å²) in [6.45, 7) is 0. The number of Topliss-reactive ketones (excluding diaryl/α,β-unsaturated/α-hetero) is 2. The van der Waals surface area contributed by atoms with Crippen LogP contribution in [0.5, 0.6) is 0 Å². The van der Waals surface area contributed by atoms with Crippen molar-refractivity contribution in [3.8, 4) is 0 Å². The molecule has 190 valence electrons. The largest absolute Gasteiger partial charge is 0.454 e. The molecule has 1 aromatic heterocycles. The van der Waals surface area contributed by atoms with E-state index >= 15 is 0 Å². The molecule has 4 rings (SSSR count). The van der Waals surface area contributed by atoms with E-state index in [2.05, 4.69) is 4.98 Å². The number of nitrogens with zero attached hydrogens (tertiary/aromatic N) is 2. The first-order valence-electron chi connectivity index (χ1n) is 10.2. The van der Waals surface area contributed by atoms with Crippen LogP contribution in [0, 0.1) is 0 Å². The smallest absolute Gasteiger partial charge is 0.309 e. The Hall–Kier alpha value is -3.63. The summed E-state index contributed by atoms with van der Waals surface area (Å²) in [4.78, 5) is 29.9. The molecule has 4 nitrogen and oxygen atoms in total. The summed E-state index contributed by atoms with van der Waals surface area (Å²) in [6, 6.07) is 14.2. The summed E-state index contributed by atoms with van der Waals surface area (Å²) in [7, 11) is 0. The molecule has 0 saturated heterocycles. The zero-order chi connectivity index (χ0) is 27.1. The third kappa shape index (κ3) is 5.26. The van der Waals surface area contributed by atoms with Crippen LogP contribution >= 0.6 is 23.2 Å². The van der Waals surface area contributed by atoms with Crippen molar-refractivity contribution in [1.29, 1.82) is 0 Å². The van der Waals surface area contributed by atoms with Gasteiger partial charge in [-0.2, -0.15) is 26.3 Å². The second kappa shape index (κ2) is 9.68. The third-order valence-electron chi connectivity index (χ3n) is 5.26.